The van der Waals surface area contributed by atoms with Crippen LogP contribution in [0.25, 0.3) is 0 Å². The maximum absolute atomic E-state index is 13.0. The fourth-order valence-corrected chi connectivity index (χ4v) is 4.29. The maximum Gasteiger partial charge on any atom is 0.227 e. The first-order valence-corrected chi connectivity index (χ1v) is 11.2. The van der Waals surface area contributed by atoms with Gasteiger partial charge in [-0.15, -0.1) is 11.8 Å². The Hall–Kier alpha value is -2.47. The SMILES string of the molecule is COc1ccc(C(NC(=O)C2CC(=O)N(c3ccc(SC)cc3)C2)C2CC2)cc1. The number of ether oxygens (including phenoxy) is 1. The summed E-state index contributed by atoms with van der Waals surface area (Å²) in [4.78, 5) is 28.4. The second-order valence-electron chi connectivity index (χ2n) is 7.70. The summed E-state index contributed by atoms with van der Waals surface area (Å²) < 4.78 is 5.24. The molecule has 1 aliphatic heterocycles. The Morgan fingerprint density at radius 3 is 2.41 bits per heavy atom. The number of nitrogens with zero attached hydrogens (tertiary/aromatic N) is 1. The van der Waals surface area contributed by atoms with Crippen LogP contribution in [0.3, 0.4) is 0 Å². The molecule has 2 aromatic rings. The molecule has 2 fully saturated rings. The van der Waals surface area contributed by atoms with Gasteiger partial charge in [0.15, 0.2) is 0 Å². The average molecular weight is 411 g/mol. The minimum Gasteiger partial charge on any atom is -0.497 e. The van der Waals surface area contributed by atoms with Gasteiger partial charge >= 0.3 is 0 Å². The van der Waals surface area contributed by atoms with Gasteiger partial charge in [0.2, 0.25) is 11.8 Å². The highest BCUT2D eigenvalue weighted by Gasteiger charge is 2.39. The van der Waals surface area contributed by atoms with Crippen molar-refractivity contribution in [2.45, 2.75) is 30.2 Å². The highest BCUT2D eigenvalue weighted by Crippen LogP contribution is 2.41. The Balaban J connectivity index is 1.43. The Kier molecular flexibility index (Phi) is 5.81. The molecule has 5 nitrogen and oxygen atoms in total. The molecule has 2 aliphatic rings. The van der Waals surface area contributed by atoms with Crippen LogP contribution >= 0.6 is 11.8 Å². The molecule has 152 valence electrons. The van der Waals surface area contributed by atoms with E-state index in [9.17, 15) is 9.59 Å². The number of amides is 2. The van der Waals surface area contributed by atoms with Gasteiger partial charge in [-0.3, -0.25) is 9.59 Å². The van der Waals surface area contributed by atoms with Crippen LogP contribution < -0.4 is 15.0 Å². The summed E-state index contributed by atoms with van der Waals surface area (Å²) in [5, 5.41) is 3.22. The molecular weight excluding hydrogens is 384 g/mol. The van der Waals surface area contributed by atoms with Gasteiger partial charge in [0.25, 0.3) is 0 Å². The zero-order valence-electron chi connectivity index (χ0n) is 16.8. The van der Waals surface area contributed by atoms with Crippen LogP contribution in [0.5, 0.6) is 5.75 Å². The first-order chi connectivity index (χ1) is 14.1. The molecule has 1 aliphatic carbocycles. The van der Waals surface area contributed by atoms with Crippen molar-refractivity contribution >= 4 is 29.3 Å². The van der Waals surface area contributed by atoms with Crippen molar-refractivity contribution in [3.8, 4) is 5.75 Å². The molecule has 2 aromatic carbocycles. The van der Waals surface area contributed by atoms with E-state index in [1.807, 2.05) is 54.8 Å². The first kappa shape index (κ1) is 19.8. The molecule has 0 bridgehead atoms. The third-order valence-electron chi connectivity index (χ3n) is 5.75. The number of hydrogen-bond acceptors (Lipinski definition) is 4. The third-order valence-corrected chi connectivity index (χ3v) is 6.49. The third kappa shape index (κ3) is 4.42. The van der Waals surface area contributed by atoms with E-state index in [0.29, 0.717) is 12.5 Å². The number of methoxy groups -OCH3 is 1. The van der Waals surface area contributed by atoms with Crippen LogP contribution in [-0.2, 0) is 9.59 Å². The second kappa shape index (κ2) is 8.49. The molecule has 29 heavy (non-hydrogen) atoms. The molecule has 1 heterocycles. The van der Waals surface area contributed by atoms with Crippen molar-refractivity contribution in [3.05, 3.63) is 54.1 Å². The highest BCUT2D eigenvalue weighted by molar-refractivity contribution is 7.98. The van der Waals surface area contributed by atoms with Crippen LogP contribution in [0.4, 0.5) is 5.69 Å². The van der Waals surface area contributed by atoms with Gasteiger partial charge in [0.05, 0.1) is 19.1 Å². The molecule has 0 aromatic heterocycles. The summed E-state index contributed by atoms with van der Waals surface area (Å²) >= 11 is 1.67. The fraction of sp³-hybridized carbons (Fsp3) is 0.391. The molecule has 1 saturated heterocycles. The Bertz CT molecular complexity index is 878. The number of carbonyl (C=O) groups is 2. The van der Waals surface area contributed by atoms with E-state index in [4.69, 9.17) is 4.74 Å². The lowest BCUT2D eigenvalue weighted by molar-refractivity contribution is -0.127. The van der Waals surface area contributed by atoms with Gasteiger partial charge in [-0.05, 0) is 67.0 Å². The lowest BCUT2D eigenvalue weighted by Crippen LogP contribution is -2.36. The monoisotopic (exact) mass is 410 g/mol. The Morgan fingerprint density at radius 2 is 1.83 bits per heavy atom. The predicted octanol–water partition coefficient (Wildman–Crippen LogP) is 4.04. The molecule has 0 radical (unpaired) electrons. The van der Waals surface area contributed by atoms with Crippen LogP contribution in [0.2, 0.25) is 0 Å². The molecular formula is C23H26N2O3S. The lowest BCUT2D eigenvalue weighted by Gasteiger charge is -2.22. The summed E-state index contributed by atoms with van der Waals surface area (Å²) in [5.41, 5.74) is 1.95. The number of nitrogens with one attached hydrogen (secondary N) is 1. The minimum absolute atomic E-state index is 0.00146. The van der Waals surface area contributed by atoms with E-state index < -0.39 is 0 Å². The van der Waals surface area contributed by atoms with Gasteiger partial charge in [-0.2, -0.15) is 0 Å². The fourth-order valence-electron chi connectivity index (χ4n) is 3.88. The molecule has 2 atom stereocenters. The molecule has 1 N–H and O–H groups in total. The van der Waals surface area contributed by atoms with Gasteiger partial charge in [-0.25, -0.2) is 0 Å². The number of hydrogen-bond donors (Lipinski definition) is 1. The summed E-state index contributed by atoms with van der Waals surface area (Å²) in [6.45, 7) is 0.434. The van der Waals surface area contributed by atoms with Crippen molar-refractivity contribution < 1.29 is 14.3 Å². The standard InChI is InChI=1S/C23H26N2O3S/c1-28-19-9-5-16(6-10-19)22(15-3-4-15)24-23(27)17-13-21(26)25(14-17)18-7-11-20(29-2)12-8-18/h5-12,15,17,22H,3-4,13-14H2,1-2H3,(H,24,27). The van der Waals surface area contributed by atoms with Crippen LogP contribution in [0.1, 0.15) is 30.9 Å². The van der Waals surface area contributed by atoms with Gasteiger partial charge in [0.1, 0.15) is 5.75 Å². The zero-order valence-corrected chi connectivity index (χ0v) is 17.6. The van der Waals surface area contributed by atoms with E-state index in [-0.39, 0.29) is 30.2 Å². The van der Waals surface area contributed by atoms with Crippen molar-refractivity contribution in [2.24, 2.45) is 11.8 Å². The van der Waals surface area contributed by atoms with Gasteiger partial charge in [0, 0.05) is 23.5 Å². The Morgan fingerprint density at radius 1 is 1.14 bits per heavy atom. The number of rotatable bonds is 7. The molecule has 4 rings (SSSR count). The molecule has 0 spiro atoms. The van der Waals surface area contributed by atoms with Crippen LogP contribution in [0, 0.1) is 11.8 Å². The van der Waals surface area contributed by atoms with Crippen LogP contribution in [-0.4, -0.2) is 31.7 Å². The first-order valence-electron chi connectivity index (χ1n) is 9.98. The number of benzene rings is 2. The van der Waals surface area contributed by atoms with E-state index >= 15 is 0 Å². The van der Waals surface area contributed by atoms with E-state index in [2.05, 4.69) is 5.32 Å². The predicted molar refractivity (Wildman–Crippen MR) is 115 cm³/mol. The second-order valence-corrected chi connectivity index (χ2v) is 8.58. The van der Waals surface area contributed by atoms with Gasteiger partial charge in [-0.1, -0.05) is 12.1 Å². The molecule has 1 saturated carbocycles. The van der Waals surface area contributed by atoms with E-state index in [1.165, 1.54) is 0 Å². The van der Waals surface area contributed by atoms with Crippen molar-refractivity contribution in [2.75, 3.05) is 24.8 Å². The molecule has 2 unspecified atom stereocenters. The van der Waals surface area contributed by atoms with Crippen molar-refractivity contribution in [1.29, 1.82) is 0 Å². The van der Waals surface area contributed by atoms with Crippen molar-refractivity contribution in [3.63, 3.8) is 0 Å². The lowest BCUT2D eigenvalue weighted by atomic mass is 10.00. The van der Waals surface area contributed by atoms with Gasteiger partial charge < -0.3 is 15.0 Å². The summed E-state index contributed by atoms with van der Waals surface area (Å²) in [7, 11) is 1.65. The van der Waals surface area contributed by atoms with E-state index in [0.717, 1.165) is 34.7 Å². The topological polar surface area (TPSA) is 58.6 Å². The number of carbonyl (C=O) groups excluding carboxylic acids is 2. The number of thioether (sulfide) groups is 1. The molecule has 2 amide bonds. The maximum atomic E-state index is 13.0. The minimum atomic E-state index is -0.317. The zero-order chi connectivity index (χ0) is 20.4. The van der Waals surface area contributed by atoms with Crippen LogP contribution in [0.15, 0.2) is 53.4 Å². The molecule has 6 heteroatoms. The number of anilines is 1. The normalized spacial score (nSPS) is 19.9. The summed E-state index contributed by atoms with van der Waals surface area (Å²) in [5.74, 6) is 0.935. The summed E-state index contributed by atoms with van der Waals surface area (Å²) in [6, 6.07) is 15.8. The highest BCUT2D eigenvalue weighted by atomic mass is 32.2. The smallest absolute Gasteiger partial charge is 0.227 e. The summed E-state index contributed by atoms with van der Waals surface area (Å²) in [6.07, 6.45) is 4.52. The largest absolute Gasteiger partial charge is 0.497 e. The van der Waals surface area contributed by atoms with Crippen molar-refractivity contribution in [1.82, 2.24) is 5.32 Å². The average Bonchev–Trinajstić information content (AvgIpc) is 3.53. The quantitative estimate of drug-likeness (QED) is 0.700. The Labute approximate surface area is 175 Å². The van der Waals surface area contributed by atoms with E-state index in [1.54, 1.807) is 23.8 Å².